The van der Waals surface area contributed by atoms with Gasteiger partial charge in [-0.05, 0) is 68.0 Å². The molecule has 1 heterocycles. The van der Waals surface area contributed by atoms with Crippen molar-refractivity contribution >= 4 is 11.3 Å². The van der Waals surface area contributed by atoms with Crippen molar-refractivity contribution in [1.29, 1.82) is 0 Å². The molecule has 0 aliphatic carbocycles. The number of nitrogen functional groups attached to an aromatic ring is 1. The molecule has 25 heavy (non-hydrogen) atoms. The highest BCUT2D eigenvalue weighted by molar-refractivity contribution is 5.74. The summed E-state index contributed by atoms with van der Waals surface area (Å²) >= 11 is 0. The number of benzene rings is 2. The summed E-state index contributed by atoms with van der Waals surface area (Å²) in [7, 11) is 0. The molecule has 3 rings (SSSR count). The molecule has 0 fully saturated rings. The van der Waals surface area contributed by atoms with E-state index in [1.807, 2.05) is 19.9 Å². The van der Waals surface area contributed by atoms with E-state index in [-0.39, 0.29) is 6.10 Å². The minimum atomic E-state index is 0.116. The van der Waals surface area contributed by atoms with Crippen molar-refractivity contribution in [2.24, 2.45) is 0 Å². The average molecular weight is 336 g/mol. The molecule has 3 N–H and O–H groups in total. The lowest BCUT2D eigenvalue weighted by Gasteiger charge is -2.26. The van der Waals surface area contributed by atoms with Gasteiger partial charge in [-0.25, -0.2) is 0 Å². The summed E-state index contributed by atoms with van der Waals surface area (Å²) in [5.41, 5.74) is 12.1. The van der Waals surface area contributed by atoms with E-state index in [0.717, 1.165) is 25.1 Å². The zero-order valence-electron chi connectivity index (χ0n) is 15.4. The summed E-state index contributed by atoms with van der Waals surface area (Å²) in [6.07, 6.45) is 4.47. The molecule has 0 amide bonds. The van der Waals surface area contributed by atoms with E-state index in [2.05, 4.69) is 54.7 Å². The van der Waals surface area contributed by atoms with Crippen LogP contribution in [0, 0.1) is 6.92 Å². The van der Waals surface area contributed by atoms with Crippen molar-refractivity contribution in [1.82, 2.24) is 5.32 Å². The molecule has 132 valence electrons. The van der Waals surface area contributed by atoms with E-state index in [9.17, 15) is 0 Å². The van der Waals surface area contributed by atoms with Crippen molar-refractivity contribution < 1.29 is 4.74 Å². The van der Waals surface area contributed by atoms with Crippen molar-refractivity contribution in [3.05, 3.63) is 65.2 Å². The van der Waals surface area contributed by atoms with Crippen LogP contribution in [0.5, 0.6) is 5.75 Å². The van der Waals surface area contributed by atoms with Gasteiger partial charge in [0.25, 0.3) is 0 Å². The number of ether oxygens (including phenoxy) is 1. The third-order valence-electron chi connectivity index (χ3n) is 4.61. The van der Waals surface area contributed by atoms with Gasteiger partial charge in [0.15, 0.2) is 0 Å². The molecule has 0 spiro atoms. The lowest BCUT2D eigenvalue weighted by atomic mass is 9.89. The normalized spacial score (nSPS) is 17.4. The van der Waals surface area contributed by atoms with Crippen LogP contribution in [0.15, 0.2) is 48.5 Å². The second-order valence-electron chi connectivity index (χ2n) is 7.10. The maximum Gasteiger partial charge on any atom is 0.143 e. The monoisotopic (exact) mass is 336 g/mol. The third-order valence-corrected chi connectivity index (χ3v) is 4.61. The Kier molecular flexibility index (Phi) is 5.44. The first kappa shape index (κ1) is 17.6. The van der Waals surface area contributed by atoms with Gasteiger partial charge < -0.3 is 15.8 Å². The summed E-state index contributed by atoms with van der Waals surface area (Å²) in [5, 5.41) is 3.61. The summed E-state index contributed by atoms with van der Waals surface area (Å²) in [6, 6.07) is 15.3. The summed E-state index contributed by atoms with van der Waals surface area (Å²) in [6.45, 7) is 7.08. The Morgan fingerprint density at radius 2 is 1.96 bits per heavy atom. The fraction of sp³-hybridized carbons (Fsp3) is 0.364. The predicted octanol–water partition coefficient (Wildman–Crippen LogP) is 4.35. The SMILES string of the molecule is Cc1cc(N)c(OC(C)C)cc1C1=CCNC(Cc2ccccc2)C1. The highest BCUT2D eigenvalue weighted by atomic mass is 16.5. The molecule has 3 nitrogen and oxygen atoms in total. The molecule has 2 aromatic carbocycles. The van der Waals surface area contributed by atoms with Crippen molar-refractivity contribution in [2.75, 3.05) is 12.3 Å². The zero-order chi connectivity index (χ0) is 17.8. The maximum absolute atomic E-state index is 6.14. The summed E-state index contributed by atoms with van der Waals surface area (Å²) in [4.78, 5) is 0. The molecule has 0 aromatic heterocycles. The number of anilines is 1. The van der Waals surface area contributed by atoms with Crippen LogP contribution in [0.4, 0.5) is 5.69 Å². The zero-order valence-corrected chi connectivity index (χ0v) is 15.4. The van der Waals surface area contributed by atoms with Gasteiger partial charge in [-0.1, -0.05) is 36.4 Å². The van der Waals surface area contributed by atoms with E-state index in [1.165, 1.54) is 22.3 Å². The van der Waals surface area contributed by atoms with Crippen molar-refractivity contribution in [3.63, 3.8) is 0 Å². The van der Waals surface area contributed by atoms with Crippen LogP contribution in [0.25, 0.3) is 5.57 Å². The van der Waals surface area contributed by atoms with Crippen LogP contribution in [0.1, 0.15) is 37.0 Å². The Morgan fingerprint density at radius 1 is 1.20 bits per heavy atom. The van der Waals surface area contributed by atoms with E-state index in [4.69, 9.17) is 10.5 Å². The minimum Gasteiger partial charge on any atom is -0.489 e. The Morgan fingerprint density at radius 3 is 2.68 bits per heavy atom. The molecular formula is C22H28N2O. The highest BCUT2D eigenvalue weighted by Crippen LogP contribution is 2.33. The van der Waals surface area contributed by atoms with Crippen LogP contribution in [0.2, 0.25) is 0 Å². The van der Waals surface area contributed by atoms with Crippen molar-refractivity contribution in [2.45, 2.75) is 45.8 Å². The molecule has 1 atom stereocenters. The summed E-state index contributed by atoms with van der Waals surface area (Å²) < 4.78 is 5.89. The Hall–Kier alpha value is -2.26. The van der Waals surface area contributed by atoms with Gasteiger partial charge in [-0.15, -0.1) is 0 Å². The van der Waals surface area contributed by atoms with Gasteiger partial charge >= 0.3 is 0 Å². The Labute approximate surface area is 150 Å². The van der Waals surface area contributed by atoms with Gasteiger partial charge in [0, 0.05) is 12.6 Å². The number of aryl methyl sites for hydroxylation is 1. The summed E-state index contributed by atoms with van der Waals surface area (Å²) in [5.74, 6) is 0.787. The van der Waals surface area contributed by atoms with Crippen molar-refractivity contribution in [3.8, 4) is 5.75 Å². The standard InChI is InChI=1S/C22H28N2O/c1-15(2)25-22-14-20(16(3)11-21(22)23)18-9-10-24-19(13-18)12-17-7-5-4-6-8-17/h4-9,11,14-15,19,24H,10,12-13,23H2,1-3H3. The molecule has 0 bridgehead atoms. The Bertz CT molecular complexity index is 750. The first-order valence-corrected chi connectivity index (χ1v) is 9.06. The molecular weight excluding hydrogens is 308 g/mol. The molecule has 2 aromatic rings. The number of hydrogen-bond acceptors (Lipinski definition) is 3. The smallest absolute Gasteiger partial charge is 0.143 e. The van der Waals surface area contributed by atoms with Crippen LogP contribution in [0.3, 0.4) is 0 Å². The number of hydrogen-bond donors (Lipinski definition) is 2. The molecule has 1 aliphatic rings. The third kappa shape index (κ3) is 4.43. The molecule has 1 aliphatic heterocycles. The van der Waals surface area contributed by atoms with Crippen LogP contribution < -0.4 is 15.8 Å². The molecule has 3 heteroatoms. The lowest BCUT2D eigenvalue weighted by Crippen LogP contribution is -2.34. The van der Waals surface area contributed by atoms with Crippen LogP contribution in [-0.4, -0.2) is 18.7 Å². The first-order valence-electron chi connectivity index (χ1n) is 9.06. The van der Waals surface area contributed by atoms with E-state index < -0.39 is 0 Å². The van der Waals surface area contributed by atoms with Gasteiger partial charge in [-0.2, -0.15) is 0 Å². The number of nitrogens with two attached hydrogens (primary N) is 1. The van der Waals surface area contributed by atoms with Gasteiger partial charge in [0.05, 0.1) is 11.8 Å². The second-order valence-corrected chi connectivity index (χ2v) is 7.10. The van der Waals surface area contributed by atoms with Gasteiger partial charge in [-0.3, -0.25) is 0 Å². The quantitative estimate of drug-likeness (QED) is 0.798. The minimum absolute atomic E-state index is 0.116. The topological polar surface area (TPSA) is 47.3 Å². The highest BCUT2D eigenvalue weighted by Gasteiger charge is 2.19. The maximum atomic E-state index is 6.14. The van der Waals surface area contributed by atoms with Crippen LogP contribution in [-0.2, 0) is 6.42 Å². The Balaban J connectivity index is 1.80. The number of nitrogens with one attached hydrogen (secondary N) is 1. The second kappa shape index (κ2) is 7.75. The van der Waals surface area contributed by atoms with Crippen LogP contribution >= 0.6 is 0 Å². The molecule has 0 saturated carbocycles. The fourth-order valence-corrected chi connectivity index (χ4v) is 3.44. The molecule has 1 unspecified atom stereocenters. The molecule has 0 radical (unpaired) electrons. The predicted molar refractivity (Wildman–Crippen MR) is 106 cm³/mol. The lowest BCUT2D eigenvalue weighted by molar-refractivity contribution is 0.244. The first-order chi connectivity index (χ1) is 12.0. The van der Waals surface area contributed by atoms with E-state index in [1.54, 1.807) is 0 Å². The van der Waals surface area contributed by atoms with Gasteiger partial charge in [0.1, 0.15) is 5.75 Å². The average Bonchev–Trinajstić information content (AvgIpc) is 2.58. The largest absolute Gasteiger partial charge is 0.489 e. The van der Waals surface area contributed by atoms with Gasteiger partial charge in [0.2, 0.25) is 0 Å². The van der Waals surface area contributed by atoms with E-state index in [0.29, 0.717) is 11.7 Å². The fourth-order valence-electron chi connectivity index (χ4n) is 3.44. The van der Waals surface area contributed by atoms with E-state index >= 15 is 0 Å². The molecule has 0 saturated heterocycles. The number of rotatable bonds is 5.